The fourth-order valence-corrected chi connectivity index (χ4v) is 3.90. The van der Waals surface area contributed by atoms with Crippen molar-refractivity contribution >= 4 is 28.3 Å². The summed E-state index contributed by atoms with van der Waals surface area (Å²) >= 11 is 1.67. The molecule has 0 radical (unpaired) electrons. The number of ether oxygens (including phenoxy) is 2. The van der Waals surface area contributed by atoms with Gasteiger partial charge >= 0.3 is 0 Å². The SMILES string of the molecule is COc1ccc(CSc2nnc3cc(C)c4ccc(OC)cc4n23)cc1. The van der Waals surface area contributed by atoms with Crippen LogP contribution >= 0.6 is 11.8 Å². The number of rotatable bonds is 5. The smallest absolute Gasteiger partial charge is 0.196 e. The molecule has 2 heterocycles. The summed E-state index contributed by atoms with van der Waals surface area (Å²) in [7, 11) is 3.35. The normalized spacial score (nSPS) is 11.2. The van der Waals surface area contributed by atoms with Crippen LogP contribution in [0, 0.1) is 6.92 Å². The van der Waals surface area contributed by atoms with Crippen molar-refractivity contribution in [1.82, 2.24) is 14.6 Å². The zero-order valence-electron chi connectivity index (χ0n) is 14.9. The molecule has 0 amide bonds. The molecular formula is C20H19N3O2S. The Bertz CT molecular complexity index is 1070. The Morgan fingerprint density at radius 3 is 2.38 bits per heavy atom. The summed E-state index contributed by atoms with van der Waals surface area (Å²) in [6, 6.07) is 16.3. The van der Waals surface area contributed by atoms with E-state index in [-0.39, 0.29) is 0 Å². The van der Waals surface area contributed by atoms with Gasteiger partial charge in [-0.25, -0.2) is 0 Å². The first-order valence-corrected chi connectivity index (χ1v) is 9.26. The molecule has 0 N–H and O–H groups in total. The Morgan fingerprint density at radius 1 is 0.923 bits per heavy atom. The zero-order chi connectivity index (χ0) is 18.1. The number of pyridine rings is 1. The summed E-state index contributed by atoms with van der Waals surface area (Å²) in [5.41, 5.74) is 4.29. The number of thioether (sulfide) groups is 1. The predicted molar refractivity (Wildman–Crippen MR) is 104 cm³/mol. The highest BCUT2D eigenvalue weighted by atomic mass is 32.2. The molecule has 0 atom stereocenters. The van der Waals surface area contributed by atoms with Crippen molar-refractivity contribution in [3.8, 4) is 11.5 Å². The average Bonchev–Trinajstić information content (AvgIpc) is 3.09. The lowest BCUT2D eigenvalue weighted by Gasteiger charge is -2.09. The van der Waals surface area contributed by atoms with Crippen molar-refractivity contribution in [2.45, 2.75) is 17.8 Å². The molecule has 0 unspecified atom stereocenters. The largest absolute Gasteiger partial charge is 0.497 e. The van der Waals surface area contributed by atoms with Crippen LogP contribution in [0.25, 0.3) is 16.6 Å². The molecule has 0 spiro atoms. The van der Waals surface area contributed by atoms with Crippen LogP contribution in [0.4, 0.5) is 0 Å². The van der Waals surface area contributed by atoms with Gasteiger partial charge in [0.15, 0.2) is 10.8 Å². The van der Waals surface area contributed by atoms with Crippen LogP contribution in [-0.2, 0) is 5.75 Å². The molecule has 2 aromatic carbocycles. The maximum absolute atomic E-state index is 5.41. The van der Waals surface area contributed by atoms with E-state index in [1.807, 2.05) is 24.3 Å². The maximum atomic E-state index is 5.41. The fourth-order valence-electron chi connectivity index (χ4n) is 2.99. The summed E-state index contributed by atoms with van der Waals surface area (Å²) in [5.74, 6) is 2.49. The summed E-state index contributed by atoms with van der Waals surface area (Å²) in [4.78, 5) is 0. The van der Waals surface area contributed by atoms with E-state index in [9.17, 15) is 0 Å². The minimum atomic E-state index is 0.810. The van der Waals surface area contributed by atoms with Crippen LogP contribution in [-0.4, -0.2) is 28.8 Å². The van der Waals surface area contributed by atoms with Gasteiger partial charge in [0.2, 0.25) is 0 Å². The molecule has 0 fully saturated rings. The van der Waals surface area contributed by atoms with E-state index in [1.54, 1.807) is 26.0 Å². The number of nitrogens with zero attached hydrogens (tertiary/aromatic N) is 3. The van der Waals surface area contributed by atoms with Crippen LogP contribution in [0.15, 0.2) is 53.7 Å². The molecule has 2 aromatic heterocycles. The van der Waals surface area contributed by atoms with Crippen LogP contribution in [0.5, 0.6) is 11.5 Å². The van der Waals surface area contributed by atoms with Gasteiger partial charge in [0.25, 0.3) is 0 Å². The molecule has 4 aromatic rings. The lowest BCUT2D eigenvalue weighted by molar-refractivity contribution is 0.414. The Hall–Kier alpha value is -2.73. The fraction of sp³-hybridized carbons (Fsp3) is 0.200. The Morgan fingerprint density at radius 2 is 1.65 bits per heavy atom. The van der Waals surface area contributed by atoms with E-state index < -0.39 is 0 Å². The molecule has 0 aliphatic heterocycles. The monoisotopic (exact) mass is 365 g/mol. The van der Waals surface area contributed by atoms with Gasteiger partial charge in [0.1, 0.15) is 11.5 Å². The molecule has 26 heavy (non-hydrogen) atoms. The molecule has 0 aliphatic rings. The molecule has 0 saturated carbocycles. The topological polar surface area (TPSA) is 48.7 Å². The molecule has 0 aliphatic carbocycles. The average molecular weight is 365 g/mol. The second kappa shape index (κ2) is 6.88. The first-order valence-electron chi connectivity index (χ1n) is 8.28. The van der Waals surface area contributed by atoms with Gasteiger partial charge in [-0.1, -0.05) is 23.9 Å². The van der Waals surface area contributed by atoms with E-state index in [2.05, 4.69) is 45.8 Å². The van der Waals surface area contributed by atoms with Crippen molar-refractivity contribution in [3.63, 3.8) is 0 Å². The lowest BCUT2D eigenvalue weighted by atomic mass is 10.1. The van der Waals surface area contributed by atoms with E-state index in [4.69, 9.17) is 9.47 Å². The van der Waals surface area contributed by atoms with Crippen LogP contribution < -0.4 is 9.47 Å². The Labute approximate surface area is 156 Å². The number of hydrogen-bond acceptors (Lipinski definition) is 5. The Kier molecular flexibility index (Phi) is 4.42. The number of benzene rings is 2. The summed E-state index contributed by atoms with van der Waals surface area (Å²) in [5, 5.41) is 10.8. The summed E-state index contributed by atoms with van der Waals surface area (Å²) in [6.45, 7) is 2.09. The van der Waals surface area contributed by atoms with Gasteiger partial charge in [0, 0.05) is 17.2 Å². The van der Waals surface area contributed by atoms with Crippen molar-refractivity contribution in [3.05, 3.63) is 59.7 Å². The van der Waals surface area contributed by atoms with E-state index in [0.717, 1.165) is 33.6 Å². The van der Waals surface area contributed by atoms with Crippen molar-refractivity contribution in [2.75, 3.05) is 14.2 Å². The van der Waals surface area contributed by atoms with Gasteiger partial charge in [-0.3, -0.25) is 4.40 Å². The standard InChI is InChI=1S/C20H19N3O2S/c1-13-10-19-21-22-20(26-12-14-4-6-15(24-2)7-5-14)23(19)18-11-16(25-3)8-9-17(13)18/h4-11H,12H2,1-3H3. The first-order chi connectivity index (χ1) is 12.7. The molecule has 0 saturated heterocycles. The quantitative estimate of drug-likeness (QED) is 0.487. The third-order valence-corrected chi connectivity index (χ3v) is 5.40. The number of aryl methyl sites for hydroxylation is 1. The molecule has 132 valence electrons. The van der Waals surface area contributed by atoms with Crippen molar-refractivity contribution < 1.29 is 9.47 Å². The highest BCUT2D eigenvalue weighted by Gasteiger charge is 2.12. The maximum Gasteiger partial charge on any atom is 0.196 e. The third kappa shape index (κ3) is 2.97. The molecular weight excluding hydrogens is 346 g/mol. The van der Waals surface area contributed by atoms with Crippen LogP contribution in [0.2, 0.25) is 0 Å². The van der Waals surface area contributed by atoms with Crippen LogP contribution in [0.1, 0.15) is 11.1 Å². The number of methoxy groups -OCH3 is 2. The Balaban J connectivity index is 1.73. The molecule has 4 rings (SSSR count). The minimum absolute atomic E-state index is 0.810. The van der Waals surface area contributed by atoms with Gasteiger partial charge in [-0.05, 0) is 48.4 Å². The summed E-state index contributed by atoms with van der Waals surface area (Å²) in [6.07, 6.45) is 0. The molecule has 5 nitrogen and oxygen atoms in total. The van der Waals surface area contributed by atoms with Crippen molar-refractivity contribution in [2.24, 2.45) is 0 Å². The van der Waals surface area contributed by atoms with Crippen LogP contribution in [0.3, 0.4) is 0 Å². The number of aromatic nitrogens is 3. The number of fused-ring (bicyclic) bond motifs is 3. The van der Waals surface area contributed by atoms with Gasteiger partial charge in [-0.2, -0.15) is 0 Å². The molecule has 0 bridgehead atoms. The van der Waals surface area contributed by atoms with Gasteiger partial charge in [0.05, 0.1) is 19.7 Å². The van der Waals surface area contributed by atoms with E-state index in [0.29, 0.717) is 0 Å². The zero-order valence-corrected chi connectivity index (χ0v) is 15.7. The second-order valence-electron chi connectivity index (χ2n) is 6.02. The predicted octanol–water partition coefficient (Wildman–Crippen LogP) is 4.50. The highest BCUT2D eigenvalue weighted by molar-refractivity contribution is 7.98. The van der Waals surface area contributed by atoms with E-state index >= 15 is 0 Å². The molecule has 6 heteroatoms. The third-order valence-electron chi connectivity index (χ3n) is 4.40. The number of hydrogen-bond donors (Lipinski definition) is 0. The van der Waals surface area contributed by atoms with E-state index in [1.165, 1.54) is 16.5 Å². The van der Waals surface area contributed by atoms with Gasteiger partial charge in [-0.15, -0.1) is 10.2 Å². The second-order valence-corrected chi connectivity index (χ2v) is 6.97. The first kappa shape index (κ1) is 16.7. The highest BCUT2D eigenvalue weighted by Crippen LogP contribution is 2.30. The lowest BCUT2D eigenvalue weighted by Crippen LogP contribution is -1.94. The van der Waals surface area contributed by atoms with Gasteiger partial charge < -0.3 is 9.47 Å². The minimum Gasteiger partial charge on any atom is -0.497 e. The van der Waals surface area contributed by atoms with Crippen molar-refractivity contribution in [1.29, 1.82) is 0 Å². The summed E-state index contributed by atoms with van der Waals surface area (Å²) < 4.78 is 12.7.